The fourth-order valence-electron chi connectivity index (χ4n) is 2.01. The van der Waals surface area contributed by atoms with Crippen LogP contribution in [0.15, 0.2) is 36.4 Å². The van der Waals surface area contributed by atoms with Crippen LogP contribution in [0.3, 0.4) is 0 Å². The molecule has 3 N–H and O–H groups in total. The van der Waals surface area contributed by atoms with Gasteiger partial charge in [0.05, 0.1) is 0 Å². The molecule has 1 aliphatic carbocycles. The molecule has 2 aromatic rings. The van der Waals surface area contributed by atoms with E-state index in [1.54, 1.807) is 12.1 Å². The van der Waals surface area contributed by atoms with Gasteiger partial charge >= 0.3 is 0 Å². The quantitative estimate of drug-likeness (QED) is 0.772. The van der Waals surface area contributed by atoms with Gasteiger partial charge in [0, 0.05) is 22.7 Å². The van der Waals surface area contributed by atoms with Crippen LogP contribution in [0.5, 0.6) is 0 Å². The van der Waals surface area contributed by atoms with Gasteiger partial charge in [-0.3, -0.25) is 4.79 Å². The number of hydrogen-bond donors (Lipinski definition) is 2. The van der Waals surface area contributed by atoms with Crippen molar-refractivity contribution in [1.29, 1.82) is 0 Å². The topological polar surface area (TPSA) is 55.1 Å². The van der Waals surface area contributed by atoms with Crippen LogP contribution in [-0.4, -0.2) is 11.9 Å². The van der Waals surface area contributed by atoms with Crippen molar-refractivity contribution in [3.8, 4) is 0 Å². The molecule has 0 atom stereocenters. The maximum atomic E-state index is 12.1. The minimum Gasteiger partial charge on any atom is -0.398 e. The van der Waals surface area contributed by atoms with Crippen LogP contribution >= 0.6 is 0 Å². The Kier molecular flexibility index (Phi) is 2.25. The van der Waals surface area contributed by atoms with Gasteiger partial charge in [-0.05, 0) is 30.4 Å². The van der Waals surface area contributed by atoms with Gasteiger partial charge in [-0.25, -0.2) is 0 Å². The molecule has 17 heavy (non-hydrogen) atoms. The highest BCUT2D eigenvalue weighted by Gasteiger charge is 2.24. The number of fused-ring (bicyclic) bond motifs is 1. The SMILES string of the molecule is Nc1ccc(C(=O)NC2CC2)c2ccccc12. The van der Waals surface area contributed by atoms with Crippen molar-refractivity contribution in [2.24, 2.45) is 0 Å². The summed E-state index contributed by atoms with van der Waals surface area (Å²) in [5.74, 6) is 0.00343. The van der Waals surface area contributed by atoms with Gasteiger partial charge in [-0.2, -0.15) is 0 Å². The highest BCUT2D eigenvalue weighted by molar-refractivity contribution is 6.10. The first kappa shape index (κ1) is 10.1. The van der Waals surface area contributed by atoms with Gasteiger partial charge in [0.25, 0.3) is 5.91 Å². The smallest absolute Gasteiger partial charge is 0.252 e. The van der Waals surface area contributed by atoms with E-state index in [2.05, 4.69) is 5.32 Å². The summed E-state index contributed by atoms with van der Waals surface area (Å²) in [6.07, 6.45) is 2.19. The fourth-order valence-corrected chi connectivity index (χ4v) is 2.01. The molecule has 2 aromatic carbocycles. The maximum absolute atomic E-state index is 12.1. The molecule has 0 spiro atoms. The Labute approximate surface area is 99.6 Å². The van der Waals surface area contributed by atoms with Crippen molar-refractivity contribution < 1.29 is 4.79 Å². The Morgan fingerprint density at radius 3 is 2.53 bits per heavy atom. The largest absolute Gasteiger partial charge is 0.398 e. The molecule has 86 valence electrons. The fraction of sp³-hybridized carbons (Fsp3) is 0.214. The minimum absolute atomic E-state index is 0.00343. The predicted molar refractivity (Wildman–Crippen MR) is 68.8 cm³/mol. The molecule has 0 aromatic heterocycles. The highest BCUT2D eigenvalue weighted by Crippen LogP contribution is 2.26. The summed E-state index contributed by atoms with van der Waals surface area (Å²) in [4.78, 5) is 12.1. The standard InChI is InChI=1S/C14H14N2O/c15-13-8-7-12(14(17)16-9-5-6-9)10-3-1-2-4-11(10)13/h1-4,7-9H,5-6,15H2,(H,16,17). The van der Waals surface area contributed by atoms with Crippen LogP contribution in [0.2, 0.25) is 0 Å². The molecule has 1 fully saturated rings. The Hall–Kier alpha value is -2.03. The van der Waals surface area contributed by atoms with E-state index >= 15 is 0 Å². The molecule has 0 radical (unpaired) electrons. The third kappa shape index (κ3) is 1.84. The predicted octanol–water partition coefficient (Wildman–Crippen LogP) is 2.31. The average molecular weight is 226 g/mol. The van der Waals surface area contributed by atoms with E-state index in [4.69, 9.17) is 5.73 Å². The van der Waals surface area contributed by atoms with E-state index in [-0.39, 0.29) is 5.91 Å². The summed E-state index contributed by atoms with van der Waals surface area (Å²) >= 11 is 0. The van der Waals surface area contributed by atoms with E-state index in [1.165, 1.54) is 0 Å². The second-order valence-corrected chi connectivity index (χ2v) is 4.50. The first-order valence-electron chi connectivity index (χ1n) is 5.84. The zero-order valence-electron chi connectivity index (χ0n) is 9.44. The Morgan fingerprint density at radius 1 is 1.12 bits per heavy atom. The normalized spacial score (nSPS) is 14.8. The summed E-state index contributed by atoms with van der Waals surface area (Å²) in [6, 6.07) is 11.7. The number of carbonyl (C=O) groups excluding carboxylic acids is 1. The molecule has 1 saturated carbocycles. The summed E-state index contributed by atoms with van der Waals surface area (Å²) < 4.78 is 0. The van der Waals surface area contributed by atoms with Gasteiger partial charge in [-0.1, -0.05) is 24.3 Å². The Balaban J connectivity index is 2.09. The number of anilines is 1. The van der Waals surface area contributed by atoms with Crippen molar-refractivity contribution in [3.05, 3.63) is 42.0 Å². The molecule has 0 saturated heterocycles. The lowest BCUT2D eigenvalue weighted by molar-refractivity contribution is 0.0953. The van der Waals surface area contributed by atoms with E-state index in [0.29, 0.717) is 17.3 Å². The minimum atomic E-state index is 0.00343. The summed E-state index contributed by atoms with van der Waals surface area (Å²) in [5, 5.41) is 4.86. The van der Waals surface area contributed by atoms with Gasteiger partial charge in [-0.15, -0.1) is 0 Å². The Bertz CT molecular complexity index is 588. The lowest BCUT2D eigenvalue weighted by Gasteiger charge is -2.08. The number of nitrogens with two attached hydrogens (primary N) is 1. The number of rotatable bonds is 2. The molecular formula is C14H14N2O. The van der Waals surface area contributed by atoms with Gasteiger partial charge in [0.1, 0.15) is 0 Å². The van der Waals surface area contributed by atoms with E-state index in [0.717, 1.165) is 23.6 Å². The molecule has 0 aliphatic heterocycles. The van der Waals surface area contributed by atoms with Crippen molar-refractivity contribution in [2.75, 3.05) is 5.73 Å². The van der Waals surface area contributed by atoms with Crippen LogP contribution in [0, 0.1) is 0 Å². The maximum Gasteiger partial charge on any atom is 0.252 e. The highest BCUT2D eigenvalue weighted by atomic mass is 16.1. The molecule has 3 rings (SSSR count). The van der Waals surface area contributed by atoms with Crippen LogP contribution < -0.4 is 11.1 Å². The van der Waals surface area contributed by atoms with Crippen LogP contribution in [0.25, 0.3) is 10.8 Å². The second-order valence-electron chi connectivity index (χ2n) is 4.50. The van der Waals surface area contributed by atoms with Crippen molar-refractivity contribution in [3.63, 3.8) is 0 Å². The molecule has 3 nitrogen and oxygen atoms in total. The van der Waals surface area contributed by atoms with Crippen molar-refractivity contribution in [2.45, 2.75) is 18.9 Å². The molecule has 3 heteroatoms. The summed E-state index contributed by atoms with van der Waals surface area (Å²) in [7, 11) is 0. The third-order valence-electron chi connectivity index (χ3n) is 3.11. The van der Waals surface area contributed by atoms with Gasteiger partial charge < -0.3 is 11.1 Å². The number of carbonyl (C=O) groups is 1. The Morgan fingerprint density at radius 2 is 1.82 bits per heavy atom. The summed E-state index contributed by atoms with van der Waals surface area (Å²) in [6.45, 7) is 0. The first-order chi connectivity index (χ1) is 8.25. The number of nitrogen functional groups attached to an aromatic ring is 1. The molecule has 1 aliphatic rings. The van der Waals surface area contributed by atoms with Gasteiger partial charge in [0.15, 0.2) is 0 Å². The summed E-state index contributed by atoms with van der Waals surface area (Å²) in [5.41, 5.74) is 7.33. The van der Waals surface area contributed by atoms with Crippen molar-refractivity contribution in [1.82, 2.24) is 5.32 Å². The number of amides is 1. The van der Waals surface area contributed by atoms with Crippen LogP contribution in [0.1, 0.15) is 23.2 Å². The van der Waals surface area contributed by atoms with E-state index in [9.17, 15) is 4.79 Å². The van der Waals surface area contributed by atoms with Gasteiger partial charge in [0.2, 0.25) is 0 Å². The van der Waals surface area contributed by atoms with Crippen LogP contribution in [-0.2, 0) is 0 Å². The average Bonchev–Trinajstić information content (AvgIpc) is 3.14. The number of nitrogens with one attached hydrogen (secondary N) is 1. The monoisotopic (exact) mass is 226 g/mol. The second kappa shape index (κ2) is 3.77. The molecular weight excluding hydrogens is 212 g/mol. The van der Waals surface area contributed by atoms with Crippen molar-refractivity contribution >= 4 is 22.4 Å². The zero-order chi connectivity index (χ0) is 11.8. The zero-order valence-corrected chi connectivity index (χ0v) is 9.44. The number of hydrogen-bond acceptors (Lipinski definition) is 2. The first-order valence-corrected chi connectivity index (χ1v) is 5.84. The van der Waals surface area contributed by atoms with E-state index in [1.807, 2.05) is 24.3 Å². The van der Waals surface area contributed by atoms with Crippen LogP contribution in [0.4, 0.5) is 5.69 Å². The lowest BCUT2D eigenvalue weighted by Crippen LogP contribution is -2.25. The molecule has 0 heterocycles. The third-order valence-corrected chi connectivity index (χ3v) is 3.11. The number of benzene rings is 2. The lowest BCUT2D eigenvalue weighted by atomic mass is 10.0. The molecule has 0 bridgehead atoms. The van der Waals surface area contributed by atoms with E-state index < -0.39 is 0 Å². The molecule has 1 amide bonds. The molecule has 0 unspecified atom stereocenters.